The molecule has 0 unspecified atom stereocenters. The molecule has 1 fully saturated rings. The summed E-state index contributed by atoms with van der Waals surface area (Å²) in [6.45, 7) is 2.80. The zero-order valence-corrected chi connectivity index (χ0v) is 12.0. The van der Waals surface area contributed by atoms with Gasteiger partial charge in [0, 0.05) is 6.42 Å². The molecule has 0 saturated heterocycles. The van der Waals surface area contributed by atoms with Crippen LogP contribution in [0.5, 0.6) is 0 Å². The summed E-state index contributed by atoms with van der Waals surface area (Å²) >= 11 is 0. The predicted octanol–water partition coefficient (Wildman–Crippen LogP) is 1.46. The average Bonchev–Trinajstić information content (AvgIpc) is 2.67. The third-order valence-electron chi connectivity index (χ3n) is 3.58. The second kappa shape index (κ2) is 6.02. The van der Waals surface area contributed by atoms with Crippen LogP contribution in [0.25, 0.3) is 0 Å². The number of rotatable bonds is 4. The standard InChI is InChI=1S/C13H17N3O5/c1-8-13(16(19)20)9(2)15(14-8)7-12(18)21-11-6-4-3-5-10(11)17/h11H,3-7H2,1-2H3/t11-/m0/s1. The van der Waals surface area contributed by atoms with Gasteiger partial charge in [0.2, 0.25) is 0 Å². The highest BCUT2D eigenvalue weighted by Crippen LogP contribution is 2.22. The van der Waals surface area contributed by atoms with Gasteiger partial charge < -0.3 is 4.74 Å². The van der Waals surface area contributed by atoms with E-state index in [1.54, 1.807) is 0 Å². The number of carbonyl (C=O) groups excluding carboxylic acids is 2. The molecule has 0 aliphatic heterocycles. The zero-order chi connectivity index (χ0) is 15.6. The number of hydrogen-bond donors (Lipinski definition) is 0. The largest absolute Gasteiger partial charge is 0.453 e. The lowest BCUT2D eigenvalue weighted by Gasteiger charge is -2.20. The first-order valence-corrected chi connectivity index (χ1v) is 6.80. The van der Waals surface area contributed by atoms with Crippen molar-refractivity contribution in [1.29, 1.82) is 0 Å². The maximum absolute atomic E-state index is 11.9. The molecule has 8 heteroatoms. The average molecular weight is 295 g/mol. The van der Waals surface area contributed by atoms with Crippen molar-refractivity contribution in [3.05, 3.63) is 21.5 Å². The van der Waals surface area contributed by atoms with Crippen molar-refractivity contribution in [3.8, 4) is 0 Å². The van der Waals surface area contributed by atoms with Crippen molar-refractivity contribution in [2.24, 2.45) is 0 Å². The molecule has 0 spiro atoms. The van der Waals surface area contributed by atoms with Crippen LogP contribution in [0.3, 0.4) is 0 Å². The SMILES string of the molecule is Cc1nn(CC(=O)O[C@H]2CCCCC2=O)c(C)c1[N+](=O)[O-]. The summed E-state index contributed by atoms with van der Waals surface area (Å²) in [7, 11) is 0. The lowest BCUT2D eigenvalue weighted by molar-refractivity contribution is -0.386. The fourth-order valence-corrected chi connectivity index (χ4v) is 2.50. The van der Waals surface area contributed by atoms with E-state index in [4.69, 9.17) is 4.74 Å². The van der Waals surface area contributed by atoms with Crippen LogP contribution in [0.4, 0.5) is 5.69 Å². The highest BCUT2D eigenvalue weighted by molar-refractivity contribution is 5.86. The molecule has 8 nitrogen and oxygen atoms in total. The van der Waals surface area contributed by atoms with Crippen molar-refractivity contribution in [2.75, 3.05) is 0 Å². The molecule has 0 bridgehead atoms. The number of Topliss-reactive ketones (excluding diaryl/α,β-unsaturated/α-hetero) is 1. The Kier molecular flexibility index (Phi) is 4.35. The molecule has 0 N–H and O–H groups in total. The van der Waals surface area contributed by atoms with Crippen LogP contribution in [-0.2, 0) is 20.9 Å². The predicted molar refractivity (Wildman–Crippen MR) is 71.7 cm³/mol. The maximum atomic E-state index is 11.9. The van der Waals surface area contributed by atoms with Crippen LogP contribution in [0.1, 0.15) is 37.1 Å². The zero-order valence-electron chi connectivity index (χ0n) is 12.0. The molecule has 0 aromatic carbocycles. The Morgan fingerprint density at radius 2 is 2.19 bits per heavy atom. The number of aromatic nitrogens is 2. The second-order valence-electron chi connectivity index (χ2n) is 5.12. The quantitative estimate of drug-likeness (QED) is 0.473. The van der Waals surface area contributed by atoms with Crippen molar-refractivity contribution < 1.29 is 19.2 Å². The van der Waals surface area contributed by atoms with Gasteiger partial charge >= 0.3 is 11.7 Å². The number of aryl methyl sites for hydroxylation is 1. The normalized spacial score (nSPS) is 18.6. The Hall–Kier alpha value is -2.25. The summed E-state index contributed by atoms with van der Waals surface area (Å²) in [5.41, 5.74) is 0.444. The van der Waals surface area contributed by atoms with Gasteiger partial charge in [-0.25, -0.2) is 0 Å². The molecule has 1 heterocycles. The second-order valence-corrected chi connectivity index (χ2v) is 5.12. The highest BCUT2D eigenvalue weighted by Gasteiger charge is 2.27. The summed E-state index contributed by atoms with van der Waals surface area (Å²) in [6.07, 6.45) is 1.98. The lowest BCUT2D eigenvalue weighted by atomic mass is 9.96. The minimum Gasteiger partial charge on any atom is -0.453 e. The van der Waals surface area contributed by atoms with E-state index in [2.05, 4.69) is 5.10 Å². The number of esters is 1. The first-order chi connectivity index (χ1) is 9.90. The first kappa shape index (κ1) is 15.1. The van der Waals surface area contributed by atoms with Gasteiger partial charge in [0.25, 0.3) is 0 Å². The first-order valence-electron chi connectivity index (χ1n) is 6.80. The number of hydrogen-bond acceptors (Lipinski definition) is 6. The van der Waals surface area contributed by atoms with Gasteiger partial charge in [0.15, 0.2) is 11.9 Å². The van der Waals surface area contributed by atoms with Gasteiger partial charge in [-0.3, -0.25) is 24.4 Å². The molecule has 21 heavy (non-hydrogen) atoms. The van der Waals surface area contributed by atoms with Crippen LogP contribution in [0.15, 0.2) is 0 Å². The topological polar surface area (TPSA) is 104 Å². The number of ketones is 1. The van der Waals surface area contributed by atoms with E-state index in [9.17, 15) is 19.7 Å². The maximum Gasteiger partial charge on any atom is 0.328 e. The number of nitro groups is 1. The van der Waals surface area contributed by atoms with E-state index in [1.807, 2.05) is 0 Å². The van der Waals surface area contributed by atoms with Crippen molar-refractivity contribution >= 4 is 17.4 Å². The molecular formula is C13H17N3O5. The van der Waals surface area contributed by atoms with Crippen molar-refractivity contribution in [3.63, 3.8) is 0 Å². The Labute approximate surface area is 121 Å². The van der Waals surface area contributed by atoms with Crippen LogP contribution < -0.4 is 0 Å². The summed E-state index contributed by atoms with van der Waals surface area (Å²) in [6, 6.07) is 0. The monoisotopic (exact) mass is 295 g/mol. The molecule has 1 aromatic rings. The summed E-state index contributed by atoms with van der Waals surface area (Å²) in [4.78, 5) is 33.8. The Morgan fingerprint density at radius 3 is 2.76 bits per heavy atom. The highest BCUT2D eigenvalue weighted by atomic mass is 16.6. The van der Waals surface area contributed by atoms with E-state index in [-0.39, 0.29) is 23.7 Å². The van der Waals surface area contributed by atoms with Crippen LogP contribution in [0, 0.1) is 24.0 Å². The van der Waals surface area contributed by atoms with E-state index < -0.39 is 17.0 Å². The Balaban J connectivity index is 2.04. The van der Waals surface area contributed by atoms with Gasteiger partial charge in [-0.05, 0) is 33.1 Å². The van der Waals surface area contributed by atoms with Crippen LogP contribution in [-0.4, -0.2) is 32.6 Å². The minimum absolute atomic E-state index is 0.0612. The molecule has 1 aliphatic carbocycles. The van der Waals surface area contributed by atoms with E-state index in [0.717, 1.165) is 12.8 Å². The molecule has 1 atom stereocenters. The number of nitrogens with zero attached hydrogens (tertiary/aromatic N) is 3. The smallest absolute Gasteiger partial charge is 0.328 e. The van der Waals surface area contributed by atoms with Gasteiger partial charge in [-0.2, -0.15) is 5.10 Å². The van der Waals surface area contributed by atoms with Crippen molar-refractivity contribution in [1.82, 2.24) is 9.78 Å². The molecule has 1 saturated carbocycles. The van der Waals surface area contributed by atoms with Crippen LogP contribution >= 0.6 is 0 Å². The molecule has 2 rings (SSSR count). The van der Waals surface area contributed by atoms with Crippen LogP contribution in [0.2, 0.25) is 0 Å². The third-order valence-corrected chi connectivity index (χ3v) is 3.58. The van der Waals surface area contributed by atoms with Crippen molar-refractivity contribution in [2.45, 2.75) is 52.2 Å². The summed E-state index contributed by atoms with van der Waals surface area (Å²) < 4.78 is 6.39. The number of ether oxygens (including phenoxy) is 1. The fourth-order valence-electron chi connectivity index (χ4n) is 2.50. The summed E-state index contributed by atoms with van der Waals surface area (Å²) in [5.74, 6) is -0.662. The van der Waals surface area contributed by atoms with Gasteiger partial charge in [0.1, 0.15) is 17.9 Å². The van der Waals surface area contributed by atoms with E-state index >= 15 is 0 Å². The minimum atomic E-state index is -0.682. The molecule has 0 radical (unpaired) electrons. The molecule has 114 valence electrons. The number of carbonyl (C=O) groups is 2. The van der Waals surface area contributed by atoms with Gasteiger partial charge in [-0.15, -0.1) is 0 Å². The Morgan fingerprint density at radius 1 is 1.48 bits per heavy atom. The molecule has 0 amide bonds. The molecular weight excluding hydrogens is 278 g/mol. The van der Waals surface area contributed by atoms with E-state index in [0.29, 0.717) is 18.5 Å². The lowest BCUT2D eigenvalue weighted by Crippen LogP contribution is -2.31. The fraction of sp³-hybridized carbons (Fsp3) is 0.615. The Bertz CT molecular complexity index is 593. The molecule has 1 aromatic heterocycles. The van der Waals surface area contributed by atoms with Gasteiger partial charge in [0.05, 0.1) is 4.92 Å². The van der Waals surface area contributed by atoms with Gasteiger partial charge in [-0.1, -0.05) is 0 Å². The summed E-state index contributed by atoms with van der Waals surface area (Å²) in [5, 5.41) is 14.9. The third kappa shape index (κ3) is 3.26. The molecule has 1 aliphatic rings. The van der Waals surface area contributed by atoms with E-state index in [1.165, 1.54) is 18.5 Å².